The molecule has 0 spiro atoms. The van der Waals surface area contributed by atoms with E-state index in [-0.39, 0.29) is 24.5 Å². The second-order valence-corrected chi connectivity index (χ2v) is 4.96. The zero-order valence-corrected chi connectivity index (χ0v) is 12.7. The molecule has 21 heavy (non-hydrogen) atoms. The van der Waals surface area contributed by atoms with Crippen molar-refractivity contribution in [1.29, 1.82) is 0 Å². The molecule has 3 N–H and O–H groups in total. The number of amides is 5. The van der Waals surface area contributed by atoms with Crippen molar-refractivity contribution in [3.05, 3.63) is 0 Å². The van der Waals surface area contributed by atoms with Crippen molar-refractivity contribution >= 4 is 18.0 Å². The van der Waals surface area contributed by atoms with Gasteiger partial charge in [-0.1, -0.05) is 12.8 Å². The lowest BCUT2D eigenvalue weighted by molar-refractivity contribution is -0.130. The molecule has 1 aliphatic heterocycles. The maximum Gasteiger partial charge on any atom is 0.325 e. The van der Waals surface area contributed by atoms with Crippen molar-refractivity contribution in [2.24, 2.45) is 0 Å². The van der Waals surface area contributed by atoms with Crippen molar-refractivity contribution in [3.63, 3.8) is 0 Å². The molecule has 5 amide bonds. The van der Waals surface area contributed by atoms with E-state index in [1.807, 2.05) is 6.92 Å². The van der Waals surface area contributed by atoms with Gasteiger partial charge in [-0.25, -0.2) is 9.59 Å². The van der Waals surface area contributed by atoms with Crippen LogP contribution in [0.1, 0.15) is 33.6 Å². The molecule has 7 nitrogen and oxygen atoms in total. The molecule has 1 saturated heterocycles. The summed E-state index contributed by atoms with van der Waals surface area (Å²) in [7, 11) is 0. The molecule has 1 atom stereocenters. The molecule has 7 heteroatoms. The van der Waals surface area contributed by atoms with Crippen LogP contribution in [-0.4, -0.2) is 48.0 Å². The first-order chi connectivity index (χ1) is 9.94. The van der Waals surface area contributed by atoms with Crippen LogP contribution >= 0.6 is 0 Å². The van der Waals surface area contributed by atoms with Gasteiger partial charge in [0.1, 0.15) is 5.54 Å². The molecular formula is C14H22N4O3. The topological polar surface area (TPSA) is 90.5 Å². The van der Waals surface area contributed by atoms with Crippen LogP contribution in [-0.2, 0) is 4.79 Å². The highest BCUT2D eigenvalue weighted by Gasteiger charge is 2.45. The average molecular weight is 294 g/mol. The van der Waals surface area contributed by atoms with Crippen molar-refractivity contribution in [1.82, 2.24) is 20.9 Å². The Morgan fingerprint density at radius 1 is 1.38 bits per heavy atom. The fourth-order valence-electron chi connectivity index (χ4n) is 1.90. The molecule has 0 aliphatic carbocycles. The van der Waals surface area contributed by atoms with Crippen LogP contribution in [0.3, 0.4) is 0 Å². The summed E-state index contributed by atoms with van der Waals surface area (Å²) in [6, 6.07) is -0.680. The average Bonchev–Trinajstić information content (AvgIpc) is 2.67. The molecule has 0 bridgehead atoms. The molecule has 0 saturated carbocycles. The molecule has 1 unspecified atom stereocenters. The Hall–Kier alpha value is -2.23. The van der Waals surface area contributed by atoms with Crippen molar-refractivity contribution < 1.29 is 14.4 Å². The summed E-state index contributed by atoms with van der Waals surface area (Å²) in [5.74, 6) is 5.17. The number of urea groups is 2. The quantitative estimate of drug-likeness (QED) is 0.377. The molecule has 0 aromatic carbocycles. The number of hydrogen-bond acceptors (Lipinski definition) is 3. The van der Waals surface area contributed by atoms with E-state index in [4.69, 9.17) is 0 Å². The Bertz CT molecular complexity index is 480. The summed E-state index contributed by atoms with van der Waals surface area (Å²) in [5.41, 5.74) is -0.805. The van der Waals surface area contributed by atoms with Gasteiger partial charge in [0.15, 0.2) is 0 Å². The molecule has 1 aliphatic rings. The Kier molecular flexibility index (Phi) is 6.03. The lowest BCUT2D eigenvalue weighted by atomic mass is 9.99. The van der Waals surface area contributed by atoms with Crippen LogP contribution in [0, 0.1) is 11.8 Å². The third-order valence-electron chi connectivity index (χ3n) is 3.41. The highest BCUT2D eigenvalue weighted by molar-refractivity contribution is 6.06. The number of nitrogens with zero attached hydrogens (tertiary/aromatic N) is 1. The number of carbonyl (C=O) groups is 3. The number of rotatable bonds is 6. The minimum atomic E-state index is -0.805. The van der Waals surface area contributed by atoms with E-state index in [9.17, 15) is 14.4 Å². The minimum Gasteiger partial charge on any atom is -0.338 e. The molecule has 1 heterocycles. The fourth-order valence-corrected chi connectivity index (χ4v) is 1.90. The minimum absolute atomic E-state index is 0.210. The van der Waals surface area contributed by atoms with Gasteiger partial charge in [0.2, 0.25) is 0 Å². The Labute approximate surface area is 124 Å². The molecule has 0 aromatic rings. The summed E-state index contributed by atoms with van der Waals surface area (Å²) < 4.78 is 0. The second-order valence-electron chi connectivity index (χ2n) is 4.96. The van der Waals surface area contributed by atoms with Crippen molar-refractivity contribution in [2.45, 2.75) is 39.2 Å². The first kappa shape index (κ1) is 16.8. The third-order valence-corrected chi connectivity index (χ3v) is 3.41. The van der Waals surface area contributed by atoms with Crippen molar-refractivity contribution in [2.75, 3.05) is 19.6 Å². The van der Waals surface area contributed by atoms with E-state index in [1.54, 1.807) is 13.8 Å². The van der Waals surface area contributed by atoms with E-state index in [2.05, 4.69) is 27.8 Å². The maximum atomic E-state index is 12.1. The smallest absolute Gasteiger partial charge is 0.325 e. The van der Waals surface area contributed by atoms with Crippen LogP contribution in [0.2, 0.25) is 0 Å². The Morgan fingerprint density at radius 3 is 2.67 bits per heavy atom. The van der Waals surface area contributed by atoms with Gasteiger partial charge in [-0.05, 0) is 26.7 Å². The zero-order valence-electron chi connectivity index (χ0n) is 12.7. The summed E-state index contributed by atoms with van der Waals surface area (Å²) in [6.45, 7) is 6.23. The van der Waals surface area contributed by atoms with E-state index in [1.165, 1.54) is 4.90 Å². The first-order valence-electron chi connectivity index (χ1n) is 7.00. The van der Waals surface area contributed by atoms with Gasteiger partial charge < -0.3 is 16.0 Å². The number of carbonyl (C=O) groups excluding carboxylic acids is 3. The lowest BCUT2D eigenvalue weighted by Gasteiger charge is -2.19. The number of hydrogen-bond donors (Lipinski definition) is 3. The summed E-state index contributed by atoms with van der Waals surface area (Å²) in [5, 5.41) is 7.90. The second kappa shape index (κ2) is 7.53. The van der Waals surface area contributed by atoms with Gasteiger partial charge in [-0.3, -0.25) is 9.69 Å². The van der Waals surface area contributed by atoms with Crippen LogP contribution < -0.4 is 16.0 Å². The summed E-state index contributed by atoms with van der Waals surface area (Å²) in [6.07, 6.45) is 1.05. The van der Waals surface area contributed by atoms with E-state index < -0.39 is 5.54 Å². The zero-order chi connectivity index (χ0) is 15.9. The summed E-state index contributed by atoms with van der Waals surface area (Å²) >= 11 is 0. The Morgan fingerprint density at radius 2 is 2.10 bits per heavy atom. The van der Waals surface area contributed by atoms with Gasteiger partial charge in [-0.2, -0.15) is 0 Å². The van der Waals surface area contributed by atoms with E-state index in [0.717, 1.165) is 0 Å². The molecule has 1 rings (SSSR count). The largest absolute Gasteiger partial charge is 0.338 e. The first-order valence-corrected chi connectivity index (χ1v) is 7.00. The molecule has 1 fully saturated rings. The fraction of sp³-hybridized carbons (Fsp3) is 0.643. The predicted molar refractivity (Wildman–Crippen MR) is 78.4 cm³/mol. The molecule has 0 aromatic heterocycles. The van der Waals surface area contributed by atoms with Crippen LogP contribution in [0.4, 0.5) is 9.59 Å². The molecular weight excluding hydrogens is 272 g/mol. The highest BCUT2D eigenvalue weighted by Crippen LogP contribution is 2.20. The van der Waals surface area contributed by atoms with Crippen molar-refractivity contribution in [3.8, 4) is 11.8 Å². The third kappa shape index (κ3) is 4.38. The van der Waals surface area contributed by atoms with Crippen LogP contribution in [0.25, 0.3) is 0 Å². The van der Waals surface area contributed by atoms with Gasteiger partial charge in [-0.15, -0.1) is 5.92 Å². The standard InChI is InChI=1S/C14H22N4O3/c1-4-6-8-15-12(20)16-9-7-10-18-11(19)14(3,5-2)17-13(18)21/h5,7-10H2,1-3H3,(H,17,21)(H2,15,16,20). The molecule has 0 radical (unpaired) electrons. The van der Waals surface area contributed by atoms with Gasteiger partial charge in [0, 0.05) is 13.1 Å². The van der Waals surface area contributed by atoms with E-state index in [0.29, 0.717) is 25.9 Å². The maximum absolute atomic E-state index is 12.1. The predicted octanol–water partition coefficient (Wildman–Crippen LogP) is 0.420. The Balaban J connectivity index is 2.29. The normalized spacial score (nSPS) is 20.6. The lowest BCUT2D eigenvalue weighted by Crippen LogP contribution is -2.43. The van der Waals surface area contributed by atoms with Gasteiger partial charge >= 0.3 is 12.1 Å². The number of imide groups is 1. The van der Waals surface area contributed by atoms with Gasteiger partial charge in [0.05, 0.1) is 6.54 Å². The number of nitrogens with one attached hydrogen (secondary N) is 3. The van der Waals surface area contributed by atoms with E-state index >= 15 is 0 Å². The van der Waals surface area contributed by atoms with Gasteiger partial charge in [0.25, 0.3) is 5.91 Å². The monoisotopic (exact) mass is 294 g/mol. The molecule has 116 valence electrons. The van der Waals surface area contributed by atoms with Crippen LogP contribution in [0.5, 0.6) is 0 Å². The summed E-state index contributed by atoms with van der Waals surface area (Å²) in [4.78, 5) is 36.4. The SMILES string of the molecule is CC#CCNC(=O)NCCCN1C(=O)NC(C)(CC)C1=O. The van der Waals surface area contributed by atoms with Crippen LogP contribution in [0.15, 0.2) is 0 Å². The highest BCUT2D eigenvalue weighted by atomic mass is 16.2.